The van der Waals surface area contributed by atoms with Gasteiger partial charge in [0.15, 0.2) is 0 Å². The summed E-state index contributed by atoms with van der Waals surface area (Å²) in [4.78, 5) is 14.6. The molecule has 5 nitrogen and oxygen atoms in total. The van der Waals surface area contributed by atoms with Crippen LogP contribution in [0.4, 0.5) is 24.5 Å². The van der Waals surface area contributed by atoms with E-state index in [9.17, 15) is 23.3 Å². The number of hydrogen-bond donors (Lipinski definition) is 0. The molecule has 1 saturated heterocycles. The van der Waals surface area contributed by atoms with E-state index in [2.05, 4.69) is 17.0 Å². The summed E-state index contributed by atoms with van der Waals surface area (Å²) in [7, 11) is 0. The van der Waals surface area contributed by atoms with Crippen LogP contribution < -0.4 is 4.90 Å². The Kier molecular flexibility index (Phi) is 6.18. The van der Waals surface area contributed by atoms with Gasteiger partial charge in [0.2, 0.25) is 0 Å². The first-order valence-electron chi connectivity index (χ1n) is 9.21. The van der Waals surface area contributed by atoms with E-state index in [1.807, 2.05) is 18.2 Å². The minimum absolute atomic E-state index is 0.252. The van der Waals surface area contributed by atoms with Gasteiger partial charge >= 0.3 is 6.18 Å². The van der Waals surface area contributed by atoms with Crippen molar-refractivity contribution in [2.45, 2.75) is 19.0 Å². The van der Waals surface area contributed by atoms with Gasteiger partial charge in [0, 0.05) is 32.2 Å². The Labute approximate surface area is 161 Å². The summed E-state index contributed by atoms with van der Waals surface area (Å²) in [6.07, 6.45) is -2.59. The molecule has 0 aliphatic carbocycles. The summed E-state index contributed by atoms with van der Waals surface area (Å²) < 4.78 is 38.6. The Balaban J connectivity index is 1.57. The number of nitro groups is 1. The van der Waals surface area contributed by atoms with Crippen molar-refractivity contribution in [2.24, 2.45) is 0 Å². The van der Waals surface area contributed by atoms with Gasteiger partial charge in [0.25, 0.3) is 5.69 Å². The Morgan fingerprint density at radius 3 is 2.29 bits per heavy atom. The molecule has 3 rings (SSSR count). The van der Waals surface area contributed by atoms with Gasteiger partial charge in [-0.05, 0) is 37.1 Å². The van der Waals surface area contributed by atoms with Crippen LogP contribution in [0, 0.1) is 10.1 Å². The van der Waals surface area contributed by atoms with E-state index in [-0.39, 0.29) is 5.69 Å². The Morgan fingerprint density at radius 2 is 1.68 bits per heavy atom. The van der Waals surface area contributed by atoms with Crippen molar-refractivity contribution >= 4 is 11.4 Å². The van der Waals surface area contributed by atoms with Crippen molar-refractivity contribution in [3.63, 3.8) is 0 Å². The van der Waals surface area contributed by atoms with Crippen molar-refractivity contribution in [3.05, 3.63) is 69.8 Å². The van der Waals surface area contributed by atoms with Gasteiger partial charge in [-0.25, -0.2) is 0 Å². The lowest BCUT2D eigenvalue weighted by Crippen LogP contribution is -2.46. The van der Waals surface area contributed by atoms with Crippen LogP contribution >= 0.6 is 0 Å². The van der Waals surface area contributed by atoms with Crippen molar-refractivity contribution < 1.29 is 18.1 Å². The van der Waals surface area contributed by atoms with Crippen LogP contribution in [0.5, 0.6) is 0 Å². The molecule has 150 valence electrons. The van der Waals surface area contributed by atoms with Crippen LogP contribution in [0.25, 0.3) is 0 Å². The predicted octanol–water partition coefficient (Wildman–Crippen LogP) is 4.37. The highest BCUT2D eigenvalue weighted by molar-refractivity contribution is 5.65. The molecular formula is C20H22F3N3O2. The fourth-order valence-corrected chi connectivity index (χ4v) is 3.48. The molecule has 0 aromatic heterocycles. The van der Waals surface area contributed by atoms with Gasteiger partial charge in [0.1, 0.15) is 5.69 Å². The van der Waals surface area contributed by atoms with Crippen LogP contribution in [-0.2, 0) is 12.6 Å². The van der Waals surface area contributed by atoms with E-state index in [1.54, 1.807) is 4.90 Å². The normalized spacial score (nSPS) is 15.6. The molecule has 1 aliphatic heterocycles. The number of piperazine rings is 1. The fourth-order valence-electron chi connectivity index (χ4n) is 3.48. The van der Waals surface area contributed by atoms with E-state index < -0.39 is 22.4 Å². The maximum Gasteiger partial charge on any atom is 0.416 e. The minimum atomic E-state index is -4.60. The third-order valence-corrected chi connectivity index (χ3v) is 5.00. The number of halogens is 3. The lowest BCUT2D eigenvalue weighted by molar-refractivity contribution is -0.384. The molecule has 1 fully saturated rings. The average molecular weight is 393 g/mol. The zero-order valence-electron chi connectivity index (χ0n) is 15.4. The monoisotopic (exact) mass is 393 g/mol. The highest BCUT2D eigenvalue weighted by atomic mass is 19.4. The zero-order chi connectivity index (χ0) is 20.1. The van der Waals surface area contributed by atoms with E-state index in [1.165, 1.54) is 11.6 Å². The second-order valence-electron chi connectivity index (χ2n) is 6.88. The predicted molar refractivity (Wildman–Crippen MR) is 102 cm³/mol. The molecule has 0 radical (unpaired) electrons. The van der Waals surface area contributed by atoms with Crippen molar-refractivity contribution in [3.8, 4) is 0 Å². The van der Waals surface area contributed by atoms with Gasteiger partial charge in [-0.1, -0.05) is 30.3 Å². The Bertz CT molecular complexity index is 804. The molecule has 0 atom stereocenters. The lowest BCUT2D eigenvalue weighted by Gasteiger charge is -2.35. The molecule has 0 amide bonds. The van der Waals surface area contributed by atoms with E-state index in [0.717, 1.165) is 38.5 Å². The molecule has 2 aromatic rings. The van der Waals surface area contributed by atoms with E-state index in [4.69, 9.17) is 0 Å². The number of nitro benzene ring substituents is 1. The summed E-state index contributed by atoms with van der Waals surface area (Å²) in [5.74, 6) is 0. The van der Waals surface area contributed by atoms with Gasteiger partial charge in [0.05, 0.1) is 10.5 Å². The SMILES string of the molecule is O=[N+]([O-])c1cc(C(F)(F)F)ccc1N1CCN(CCCc2ccccc2)CC1. The van der Waals surface area contributed by atoms with Gasteiger partial charge < -0.3 is 4.90 Å². The van der Waals surface area contributed by atoms with Crippen molar-refractivity contribution in [1.82, 2.24) is 4.90 Å². The summed E-state index contributed by atoms with van der Waals surface area (Å²) in [5, 5.41) is 11.3. The Morgan fingerprint density at radius 1 is 1.00 bits per heavy atom. The van der Waals surface area contributed by atoms with Crippen molar-refractivity contribution in [1.29, 1.82) is 0 Å². The first kappa shape index (κ1) is 20.1. The number of benzene rings is 2. The number of nitrogens with zero attached hydrogens (tertiary/aromatic N) is 3. The third-order valence-electron chi connectivity index (χ3n) is 5.00. The van der Waals surface area contributed by atoms with Crippen LogP contribution in [-0.4, -0.2) is 42.5 Å². The molecule has 0 spiro atoms. The van der Waals surface area contributed by atoms with Gasteiger partial charge in [-0.2, -0.15) is 13.2 Å². The quantitative estimate of drug-likeness (QED) is 0.540. The number of anilines is 1. The second-order valence-corrected chi connectivity index (χ2v) is 6.88. The highest BCUT2D eigenvalue weighted by Gasteiger charge is 2.34. The maximum absolute atomic E-state index is 12.9. The van der Waals surface area contributed by atoms with Crippen LogP contribution in [0.1, 0.15) is 17.5 Å². The Hall–Kier alpha value is -2.61. The molecular weight excluding hydrogens is 371 g/mol. The number of aryl methyl sites for hydroxylation is 1. The molecule has 0 saturated carbocycles. The summed E-state index contributed by atoms with van der Waals surface area (Å²) in [6, 6.07) is 13.0. The first-order valence-corrected chi connectivity index (χ1v) is 9.21. The fraction of sp³-hybridized carbons (Fsp3) is 0.400. The topological polar surface area (TPSA) is 49.6 Å². The highest BCUT2D eigenvalue weighted by Crippen LogP contribution is 2.36. The molecule has 0 N–H and O–H groups in total. The largest absolute Gasteiger partial charge is 0.416 e. The number of rotatable bonds is 6. The van der Waals surface area contributed by atoms with Crippen LogP contribution in [0.2, 0.25) is 0 Å². The van der Waals surface area contributed by atoms with Crippen molar-refractivity contribution in [2.75, 3.05) is 37.6 Å². The summed E-state index contributed by atoms with van der Waals surface area (Å²) in [6.45, 7) is 3.49. The maximum atomic E-state index is 12.9. The molecule has 28 heavy (non-hydrogen) atoms. The zero-order valence-corrected chi connectivity index (χ0v) is 15.4. The molecule has 0 unspecified atom stereocenters. The van der Waals surface area contributed by atoms with Crippen LogP contribution in [0.15, 0.2) is 48.5 Å². The van der Waals surface area contributed by atoms with Gasteiger partial charge in [-0.3, -0.25) is 15.0 Å². The first-order chi connectivity index (χ1) is 13.3. The molecule has 1 aliphatic rings. The van der Waals surface area contributed by atoms with Gasteiger partial charge in [-0.15, -0.1) is 0 Å². The lowest BCUT2D eigenvalue weighted by atomic mass is 10.1. The summed E-state index contributed by atoms with van der Waals surface area (Å²) >= 11 is 0. The molecule has 8 heteroatoms. The minimum Gasteiger partial charge on any atom is -0.363 e. The third kappa shape index (κ3) is 5.01. The standard InChI is InChI=1S/C20H22F3N3O2/c21-20(22,23)17-8-9-18(19(15-17)26(27)28)25-13-11-24(12-14-25)10-4-7-16-5-2-1-3-6-16/h1-3,5-6,8-9,15H,4,7,10-14H2. The summed E-state index contributed by atoms with van der Waals surface area (Å²) in [5.41, 5.74) is 0.0540. The smallest absolute Gasteiger partial charge is 0.363 e. The molecule has 2 aromatic carbocycles. The van der Waals surface area contributed by atoms with E-state index in [0.29, 0.717) is 19.2 Å². The molecule has 1 heterocycles. The number of alkyl halides is 3. The van der Waals surface area contributed by atoms with E-state index >= 15 is 0 Å². The average Bonchev–Trinajstić information content (AvgIpc) is 2.68. The second kappa shape index (κ2) is 8.60. The number of hydrogen-bond acceptors (Lipinski definition) is 4. The van der Waals surface area contributed by atoms with Crippen LogP contribution in [0.3, 0.4) is 0 Å². The molecule has 0 bridgehead atoms.